The van der Waals surface area contributed by atoms with Crippen LogP contribution >= 0.6 is 0 Å². The summed E-state index contributed by atoms with van der Waals surface area (Å²) in [6.45, 7) is 6.63. The van der Waals surface area contributed by atoms with Crippen molar-refractivity contribution in [1.82, 2.24) is 5.32 Å². The van der Waals surface area contributed by atoms with E-state index in [0.717, 1.165) is 18.4 Å². The number of hydrogen-bond donors (Lipinski definition) is 2. The van der Waals surface area contributed by atoms with E-state index >= 15 is 0 Å². The molecule has 0 saturated carbocycles. The molecule has 0 bridgehead atoms. The Labute approximate surface area is 155 Å². The first-order valence-electron chi connectivity index (χ1n) is 8.85. The zero-order valence-corrected chi connectivity index (χ0v) is 16.3. The van der Waals surface area contributed by atoms with E-state index in [1.165, 1.54) is 12.1 Å². The van der Waals surface area contributed by atoms with Gasteiger partial charge in [-0.3, -0.25) is 9.52 Å². The molecular weight excluding hydrogens is 348 g/mol. The Balaban J connectivity index is 2.25. The molecular formula is C20H26N2O3S. The summed E-state index contributed by atoms with van der Waals surface area (Å²) in [6, 6.07) is 13.4. The Kier molecular flexibility index (Phi) is 6.80. The Morgan fingerprint density at radius 2 is 1.81 bits per heavy atom. The minimum atomic E-state index is -3.78. The van der Waals surface area contributed by atoms with Crippen LogP contribution in [0.5, 0.6) is 0 Å². The number of carbonyl (C=O) groups excluding carboxylic acids is 1. The van der Waals surface area contributed by atoms with Gasteiger partial charge in [0.15, 0.2) is 0 Å². The quantitative estimate of drug-likeness (QED) is 0.682. The van der Waals surface area contributed by atoms with E-state index in [-0.39, 0.29) is 16.7 Å². The fourth-order valence-corrected chi connectivity index (χ4v) is 3.72. The van der Waals surface area contributed by atoms with E-state index in [9.17, 15) is 13.2 Å². The van der Waals surface area contributed by atoms with Crippen LogP contribution in [0.25, 0.3) is 0 Å². The molecule has 2 aromatic rings. The first kappa shape index (κ1) is 20.0. The monoisotopic (exact) mass is 374 g/mol. The van der Waals surface area contributed by atoms with Gasteiger partial charge in [-0.1, -0.05) is 51.5 Å². The highest BCUT2D eigenvalue weighted by Gasteiger charge is 2.18. The van der Waals surface area contributed by atoms with Gasteiger partial charge in [0.05, 0.1) is 10.6 Å². The number of carbonyl (C=O) groups is 1. The number of rotatable bonds is 8. The summed E-state index contributed by atoms with van der Waals surface area (Å²) in [5, 5.41) is 2.80. The molecule has 0 unspecified atom stereocenters. The second-order valence-electron chi connectivity index (χ2n) is 6.48. The van der Waals surface area contributed by atoms with Crippen LogP contribution in [0.2, 0.25) is 0 Å². The smallest absolute Gasteiger partial charge is 0.261 e. The largest absolute Gasteiger partial charge is 0.352 e. The third kappa shape index (κ3) is 5.08. The SMILES string of the molecule is CCCCNC(=O)c1cccc(S(=O)(=O)Nc2ccccc2C(C)C)c1. The summed E-state index contributed by atoms with van der Waals surface area (Å²) in [4.78, 5) is 12.2. The van der Waals surface area contributed by atoms with Crippen molar-refractivity contribution in [2.75, 3.05) is 11.3 Å². The predicted octanol–water partition coefficient (Wildman–Crippen LogP) is 4.14. The maximum Gasteiger partial charge on any atom is 0.261 e. The molecule has 0 atom stereocenters. The molecule has 6 heteroatoms. The van der Waals surface area contributed by atoms with E-state index in [0.29, 0.717) is 17.8 Å². The number of sulfonamides is 1. The molecule has 0 aliphatic rings. The highest BCUT2D eigenvalue weighted by Crippen LogP contribution is 2.26. The minimum absolute atomic E-state index is 0.0687. The number of nitrogens with one attached hydrogen (secondary N) is 2. The molecule has 2 aromatic carbocycles. The lowest BCUT2D eigenvalue weighted by Gasteiger charge is -2.15. The highest BCUT2D eigenvalue weighted by molar-refractivity contribution is 7.92. The average molecular weight is 375 g/mol. The summed E-state index contributed by atoms with van der Waals surface area (Å²) in [6.07, 6.45) is 1.87. The zero-order chi connectivity index (χ0) is 19.2. The number of hydrogen-bond acceptors (Lipinski definition) is 3. The Morgan fingerprint density at radius 1 is 1.08 bits per heavy atom. The normalized spacial score (nSPS) is 11.4. The maximum absolute atomic E-state index is 12.8. The highest BCUT2D eigenvalue weighted by atomic mass is 32.2. The number of amides is 1. The van der Waals surface area contributed by atoms with Crippen LogP contribution in [-0.4, -0.2) is 20.9 Å². The van der Waals surface area contributed by atoms with Crippen molar-refractivity contribution in [2.45, 2.75) is 44.4 Å². The van der Waals surface area contributed by atoms with Gasteiger partial charge in [0.25, 0.3) is 15.9 Å². The summed E-state index contributed by atoms with van der Waals surface area (Å²) in [5.74, 6) is -0.0809. The van der Waals surface area contributed by atoms with Crippen LogP contribution in [-0.2, 0) is 10.0 Å². The number of benzene rings is 2. The fourth-order valence-electron chi connectivity index (χ4n) is 2.58. The molecule has 0 aliphatic carbocycles. The van der Waals surface area contributed by atoms with Crippen molar-refractivity contribution >= 4 is 21.6 Å². The fraction of sp³-hybridized carbons (Fsp3) is 0.350. The molecule has 2 rings (SSSR count). The van der Waals surface area contributed by atoms with Gasteiger partial charge in [0.1, 0.15) is 0 Å². The molecule has 5 nitrogen and oxygen atoms in total. The van der Waals surface area contributed by atoms with Crippen LogP contribution < -0.4 is 10.0 Å². The molecule has 0 heterocycles. The van der Waals surface area contributed by atoms with Crippen LogP contribution in [0, 0.1) is 0 Å². The molecule has 0 radical (unpaired) electrons. The molecule has 0 spiro atoms. The van der Waals surface area contributed by atoms with Crippen molar-refractivity contribution in [1.29, 1.82) is 0 Å². The molecule has 0 aliphatic heterocycles. The van der Waals surface area contributed by atoms with E-state index < -0.39 is 10.0 Å². The van der Waals surface area contributed by atoms with Gasteiger partial charge in [-0.15, -0.1) is 0 Å². The summed E-state index contributed by atoms with van der Waals surface area (Å²) in [5.41, 5.74) is 1.81. The van der Waals surface area contributed by atoms with Gasteiger partial charge in [0.2, 0.25) is 0 Å². The number of para-hydroxylation sites is 1. The number of anilines is 1. The lowest BCUT2D eigenvalue weighted by molar-refractivity contribution is 0.0953. The van der Waals surface area contributed by atoms with Crippen LogP contribution in [0.3, 0.4) is 0 Å². The van der Waals surface area contributed by atoms with Crippen molar-refractivity contribution in [2.24, 2.45) is 0 Å². The first-order valence-corrected chi connectivity index (χ1v) is 10.3. The average Bonchev–Trinajstić information content (AvgIpc) is 2.62. The lowest BCUT2D eigenvalue weighted by Crippen LogP contribution is -2.24. The first-order chi connectivity index (χ1) is 12.3. The van der Waals surface area contributed by atoms with Crippen LogP contribution in [0.15, 0.2) is 53.4 Å². The van der Waals surface area contributed by atoms with Gasteiger partial charge in [-0.25, -0.2) is 8.42 Å². The summed E-state index contributed by atoms with van der Waals surface area (Å²) in [7, 11) is -3.78. The van der Waals surface area contributed by atoms with Gasteiger partial charge < -0.3 is 5.32 Å². The van der Waals surface area contributed by atoms with Crippen LogP contribution in [0.4, 0.5) is 5.69 Å². The Hall–Kier alpha value is -2.34. The van der Waals surface area contributed by atoms with Crippen LogP contribution in [0.1, 0.15) is 55.5 Å². The third-order valence-electron chi connectivity index (χ3n) is 4.05. The third-order valence-corrected chi connectivity index (χ3v) is 5.41. The second kappa shape index (κ2) is 8.85. The molecule has 1 amide bonds. The predicted molar refractivity (Wildman–Crippen MR) is 105 cm³/mol. The molecule has 2 N–H and O–H groups in total. The van der Waals surface area contributed by atoms with E-state index in [1.807, 2.05) is 32.9 Å². The zero-order valence-electron chi connectivity index (χ0n) is 15.5. The molecule has 26 heavy (non-hydrogen) atoms. The Bertz CT molecular complexity index is 861. The van der Waals surface area contributed by atoms with Gasteiger partial charge in [-0.2, -0.15) is 0 Å². The second-order valence-corrected chi connectivity index (χ2v) is 8.17. The molecule has 0 saturated heterocycles. The standard InChI is InChI=1S/C20H26N2O3S/c1-4-5-13-21-20(23)16-9-8-10-17(14-16)26(24,25)22-19-12-7-6-11-18(19)15(2)3/h6-12,14-15,22H,4-5,13H2,1-3H3,(H,21,23). The maximum atomic E-state index is 12.8. The lowest BCUT2D eigenvalue weighted by atomic mass is 10.0. The number of unbranched alkanes of at least 4 members (excludes halogenated alkanes) is 1. The van der Waals surface area contributed by atoms with E-state index in [4.69, 9.17) is 0 Å². The van der Waals surface area contributed by atoms with Gasteiger partial charge in [0, 0.05) is 12.1 Å². The Morgan fingerprint density at radius 3 is 2.50 bits per heavy atom. The molecule has 140 valence electrons. The summed E-state index contributed by atoms with van der Waals surface area (Å²) >= 11 is 0. The molecule has 0 aromatic heterocycles. The van der Waals surface area contributed by atoms with Crippen molar-refractivity contribution in [3.05, 3.63) is 59.7 Å². The van der Waals surface area contributed by atoms with Gasteiger partial charge in [-0.05, 0) is 42.2 Å². The minimum Gasteiger partial charge on any atom is -0.352 e. The topological polar surface area (TPSA) is 75.3 Å². The summed E-state index contributed by atoms with van der Waals surface area (Å²) < 4.78 is 28.2. The van der Waals surface area contributed by atoms with Crippen molar-refractivity contribution in [3.8, 4) is 0 Å². The van der Waals surface area contributed by atoms with Gasteiger partial charge >= 0.3 is 0 Å². The van der Waals surface area contributed by atoms with E-state index in [2.05, 4.69) is 10.0 Å². The van der Waals surface area contributed by atoms with E-state index in [1.54, 1.807) is 24.3 Å². The molecule has 0 fully saturated rings. The van der Waals surface area contributed by atoms with Crippen molar-refractivity contribution < 1.29 is 13.2 Å². The van der Waals surface area contributed by atoms with Crippen molar-refractivity contribution in [3.63, 3.8) is 0 Å².